The molecule has 1 aliphatic heterocycles. The highest BCUT2D eigenvalue weighted by molar-refractivity contribution is 5.90. The zero-order valence-electron chi connectivity index (χ0n) is 9.94. The highest BCUT2D eigenvalue weighted by atomic mass is 16.5. The lowest BCUT2D eigenvalue weighted by Crippen LogP contribution is -2.45. The molecule has 0 radical (unpaired) electrons. The van der Waals surface area contributed by atoms with Gasteiger partial charge in [0.05, 0.1) is 24.3 Å². The number of morpholine rings is 1. The summed E-state index contributed by atoms with van der Waals surface area (Å²) in [6.07, 6.45) is 1.77. The first-order chi connectivity index (χ1) is 8.22. The third-order valence-electron chi connectivity index (χ3n) is 3.58. The van der Waals surface area contributed by atoms with Gasteiger partial charge in [-0.1, -0.05) is 5.16 Å². The molecule has 5 heteroatoms. The summed E-state index contributed by atoms with van der Waals surface area (Å²) < 4.78 is 10.3. The average molecular weight is 236 g/mol. The molecular formula is C12H16N2O3. The molecule has 0 aromatic carbocycles. The largest absolute Gasteiger partial charge is 0.378 e. The zero-order chi connectivity index (χ0) is 11.9. The van der Waals surface area contributed by atoms with Gasteiger partial charge < -0.3 is 14.2 Å². The van der Waals surface area contributed by atoms with Crippen LogP contribution in [0, 0.1) is 6.92 Å². The Hall–Kier alpha value is -1.36. The molecule has 1 aromatic heterocycles. The summed E-state index contributed by atoms with van der Waals surface area (Å²) in [6.45, 7) is 4.51. The topological polar surface area (TPSA) is 55.6 Å². The summed E-state index contributed by atoms with van der Waals surface area (Å²) in [5, 5.41) is 4.01. The number of hydrogen-bond acceptors (Lipinski definition) is 4. The maximum Gasteiger partial charge on any atom is 0.235 e. The molecule has 0 N–H and O–H groups in total. The lowest BCUT2D eigenvalue weighted by molar-refractivity contribution is -0.138. The molecule has 5 nitrogen and oxygen atoms in total. The van der Waals surface area contributed by atoms with Crippen LogP contribution in [-0.4, -0.2) is 42.3 Å². The summed E-state index contributed by atoms with van der Waals surface area (Å²) >= 11 is 0. The van der Waals surface area contributed by atoms with E-state index < -0.39 is 5.41 Å². The number of nitrogens with zero attached hydrogens (tertiary/aromatic N) is 2. The highest BCUT2D eigenvalue weighted by Gasteiger charge is 2.55. The lowest BCUT2D eigenvalue weighted by atomic mass is 10.00. The van der Waals surface area contributed by atoms with Gasteiger partial charge in [-0.05, 0) is 19.8 Å². The number of aromatic nitrogens is 1. The van der Waals surface area contributed by atoms with Gasteiger partial charge >= 0.3 is 0 Å². The third-order valence-corrected chi connectivity index (χ3v) is 3.58. The van der Waals surface area contributed by atoms with Crippen molar-refractivity contribution in [2.45, 2.75) is 25.2 Å². The van der Waals surface area contributed by atoms with Crippen molar-refractivity contribution in [3.05, 3.63) is 17.5 Å². The SMILES string of the molecule is Cc1cc(C2(C(=O)N3CCOCC3)CC2)no1. The first kappa shape index (κ1) is 10.8. The number of aryl methyl sites for hydroxylation is 1. The van der Waals surface area contributed by atoms with Crippen LogP contribution < -0.4 is 0 Å². The molecule has 1 saturated heterocycles. The van der Waals surface area contributed by atoms with Gasteiger partial charge in [0.15, 0.2) is 0 Å². The molecule has 1 amide bonds. The first-order valence-corrected chi connectivity index (χ1v) is 6.03. The fourth-order valence-corrected chi connectivity index (χ4v) is 2.37. The van der Waals surface area contributed by atoms with E-state index in [9.17, 15) is 4.79 Å². The van der Waals surface area contributed by atoms with Crippen LogP contribution in [0.15, 0.2) is 10.6 Å². The van der Waals surface area contributed by atoms with Crippen LogP contribution in [0.2, 0.25) is 0 Å². The second kappa shape index (κ2) is 3.84. The molecule has 0 bridgehead atoms. The van der Waals surface area contributed by atoms with Crippen LogP contribution >= 0.6 is 0 Å². The molecule has 0 unspecified atom stereocenters. The van der Waals surface area contributed by atoms with E-state index in [4.69, 9.17) is 9.26 Å². The molecule has 2 aliphatic rings. The van der Waals surface area contributed by atoms with Crippen molar-refractivity contribution in [1.29, 1.82) is 0 Å². The van der Waals surface area contributed by atoms with Crippen LogP contribution in [-0.2, 0) is 14.9 Å². The first-order valence-electron chi connectivity index (χ1n) is 6.03. The maximum atomic E-state index is 12.5. The van der Waals surface area contributed by atoms with Gasteiger partial charge in [-0.15, -0.1) is 0 Å². The van der Waals surface area contributed by atoms with E-state index in [1.165, 1.54) is 0 Å². The molecular weight excluding hydrogens is 220 g/mol. The van der Waals surface area contributed by atoms with E-state index in [0.717, 1.165) is 24.3 Å². The molecule has 1 aromatic rings. The van der Waals surface area contributed by atoms with Crippen molar-refractivity contribution in [3.8, 4) is 0 Å². The second-order valence-corrected chi connectivity index (χ2v) is 4.81. The van der Waals surface area contributed by atoms with Crippen molar-refractivity contribution < 1.29 is 14.1 Å². The van der Waals surface area contributed by atoms with Gasteiger partial charge in [-0.25, -0.2) is 0 Å². The molecule has 1 aliphatic carbocycles. The normalized spacial score (nSPS) is 22.5. The Balaban J connectivity index is 1.80. The number of ether oxygens (including phenoxy) is 1. The minimum absolute atomic E-state index is 0.189. The number of carbonyl (C=O) groups is 1. The predicted octanol–water partition coefficient (Wildman–Crippen LogP) is 0.873. The van der Waals surface area contributed by atoms with Gasteiger partial charge in [0.1, 0.15) is 5.76 Å². The minimum atomic E-state index is -0.394. The highest BCUT2D eigenvalue weighted by Crippen LogP contribution is 2.49. The lowest BCUT2D eigenvalue weighted by Gasteiger charge is -2.29. The molecule has 3 rings (SSSR count). The molecule has 1 saturated carbocycles. The average Bonchev–Trinajstić information content (AvgIpc) is 3.06. The number of amides is 1. The van der Waals surface area contributed by atoms with Crippen LogP contribution in [0.25, 0.3) is 0 Å². The predicted molar refractivity (Wildman–Crippen MR) is 59.6 cm³/mol. The quantitative estimate of drug-likeness (QED) is 0.764. The summed E-state index contributed by atoms with van der Waals surface area (Å²) in [4.78, 5) is 14.4. The van der Waals surface area contributed by atoms with Crippen LogP contribution in [0.3, 0.4) is 0 Å². The Bertz CT molecular complexity index is 431. The fraction of sp³-hybridized carbons (Fsp3) is 0.667. The smallest absolute Gasteiger partial charge is 0.235 e. The number of rotatable bonds is 2. The Labute approximate surface area is 99.7 Å². The summed E-state index contributed by atoms with van der Waals surface area (Å²) in [5.41, 5.74) is 0.404. The molecule has 17 heavy (non-hydrogen) atoms. The van der Waals surface area contributed by atoms with Crippen molar-refractivity contribution >= 4 is 5.91 Å². The van der Waals surface area contributed by atoms with Crippen LogP contribution in [0.5, 0.6) is 0 Å². The Morgan fingerprint density at radius 1 is 1.41 bits per heavy atom. The Morgan fingerprint density at radius 2 is 2.12 bits per heavy atom. The summed E-state index contributed by atoms with van der Waals surface area (Å²) in [6, 6.07) is 1.88. The van der Waals surface area contributed by atoms with Crippen molar-refractivity contribution in [2.75, 3.05) is 26.3 Å². The van der Waals surface area contributed by atoms with Gasteiger partial charge in [0.25, 0.3) is 0 Å². The second-order valence-electron chi connectivity index (χ2n) is 4.81. The Kier molecular flexibility index (Phi) is 2.43. The minimum Gasteiger partial charge on any atom is -0.378 e. The van der Waals surface area contributed by atoms with Crippen molar-refractivity contribution in [3.63, 3.8) is 0 Å². The third kappa shape index (κ3) is 1.74. The van der Waals surface area contributed by atoms with Gasteiger partial charge in [-0.3, -0.25) is 4.79 Å². The molecule has 0 spiro atoms. The van der Waals surface area contributed by atoms with E-state index >= 15 is 0 Å². The summed E-state index contributed by atoms with van der Waals surface area (Å²) in [5.74, 6) is 0.954. The fourth-order valence-electron chi connectivity index (χ4n) is 2.37. The van der Waals surface area contributed by atoms with E-state index in [2.05, 4.69) is 5.16 Å². The maximum absolute atomic E-state index is 12.5. The van der Waals surface area contributed by atoms with Gasteiger partial charge in [0, 0.05) is 19.2 Å². The summed E-state index contributed by atoms with van der Waals surface area (Å²) in [7, 11) is 0. The zero-order valence-corrected chi connectivity index (χ0v) is 9.94. The molecule has 92 valence electrons. The van der Waals surface area contributed by atoms with E-state index in [-0.39, 0.29) is 5.91 Å². The molecule has 2 fully saturated rings. The number of hydrogen-bond donors (Lipinski definition) is 0. The Morgan fingerprint density at radius 3 is 2.65 bits per heavy atom. The van der Waals surface area contributed by atoms with Crippen molar-refractivity contribution in [2.24, 2.45) is 0 Å². The monoisotopic (exact) mass is 236 g/mol. The van der Waals surface area contributed by atoms with E-state index in [1.807, 2.05) is 17.9 Å². The van der Waals surface area contributed by atoms with E-state index in [1.54, 1.807) is 0 Å². The van der Waals surface area contributed by atoms with Gasteiger partial charge in [0.2, 0.25) is 5.91 Å². The number of carbonyl (C=O) groups excluding carboxylic acids is 1. The van der Waals surface area contributed by atoms with Crippen molar-refractivity contribution in [1.82, 2.24) is 10.1 Å². The van der Waals surface area contributed by atoms with Crippen LogP contribution in [0.4, 0.5) is 0 Å². The molecule has 0 atom stereocenters. The molecule has 2 heterocycles. The van der Waals surface area contributed by atoms with E-state index in [0.29, 0.717) is 26.3 Å². The van der Waals surface area contributed by atoms with Crippen LogP contribution in [0.1, 0.15) is 24.3 Å². The standard InChI is InChI=1S/C12H16N2O3/c1-9-8-10(13-17-9)12(2-3-12)11(15)14-4-6-16-7-5-14/h8H,2-7H2,1H3. The van der Waals surface area contributed by atoms with Gasteiger partial charge in [-0.2, -0.15) is 0 Å².